The van der Waals surface area contributed by atoms with E-state index in [2.05, 4.69) is 0 Å². The van der Waals surface area contributed by atoms with Gasteiger partial charge in [-0.25, -0.2) is 0 Å². The summed E-state index contributed by atoms with van der Waals surface area (Å²) in [4.78, 5) is 27.2. The SMILES string of the molecule is Cc1ccc(N2CCc3c(oc4c(Cl)cccc4c3=O)C2=O)cc1. The number of aryl methyl sites for hydroxylation is 1. The molecule has 1 aliphatic heterocycles. The average Bonchev–Trinajstić information content (AvgIpc) is 2.58. The molecule has 4 rings (SSSR count). The van der Waals surface area contributed by atoms with E-state index < -0.39 is 0 Å². The van der Waals surface area contributed by atoms with Crippen molar-refractivity contribution >= 4 is 34.2 Å². The summed E-state index contributed by atoms with van der Waals surface area (Å²) >= 11 is 6.13. The molecule has 0 aliphatic carbocycles. The van der Waals surface area contributed by atoms with Gasteiger partial charge in [-0.05, 0) is 37.6 Å². The van der Waals surface area contributed by atoms with E-state index in [-0.39, 0.29) is 22.7 Å². The van der Waals surface area contributed by atoms with E-state index in [0.717, 1.165) is 11.3 Å². The molecule has 120 valence electrons. The minimum absolute atomic E-state index is 0.0902. The summed E-state index contributed by atoms with van der Waals surface area (Å²) in [6.45, 7) is 2.44. The van der Waals surface area contributed by atoms with Crippen LogP contribution in [0, 0.1) is 6.92 Å². The van der Waals surface area contributed by atoms with Gasteiger partial charge in [0.1, 0.15) is 0 Å². The summed E-state index contributed by atoms with van der Waals surface area (Å²) in [5.41, 5.74) is 2.43. The van der Waals surface area contributed by atoms with Crippen molar-refractivity contribution < 1.29 is 9.21 Å². The van der Waals surface area contributed by atoms with Crippen LogP contribution < -0.4 is 10.3 Å². The Morgan fingerprint density at radius 1 is 1.08 bits per heavy atom. The second-order valence-electron chi connectivity index (χ2n) is 5.90. The van der Waals surface area contributed by atoms with Crippen LogP contribution in [0.2, 0.25) is 5.02 Å². The van der Waals surface area contributed by atoms with E-state index in [1.54, 1.807) is 23.1 Å². The number of carbonyl (C=O) groups is 1. The molecule has 0 fully saturated rings. The van der Waals surface area contributed by atoms with Gasteiger partial charge in [-0.2, -0.15) is 0 Å². The molecule has 0 saturated heterocycles. The Hall–Kier alpha value is -2.59. The van der Waals surface area contributed by atoms with Crippen LogP contribution in [-0.4, -0.2) is 12.5 Å². The van der Waals surface area contributed by atoms with Crippen LogP contribution in [-0.2, 0) is 6.42 Å². The number of hydrogen-bond donors (Lipinski definition) is 0. The fourth-order valence-corrected chi connectivity index (χ4v) is 3.25. The third-order valence-corrected chi connectivity index (χ3v) is 4.63. The Balaban J connectivity index is 1.88. The minimum atomic E-state index is -0.306. The molecule has 24 heavy (non-hydrogen) atoms. The Morgan fingerprint density at radius 3 is 2.58 bits per heavy atom. The maximum absolute atomic E-state index is 12.9. The summed E-state index contributed by atoms with van der Waals surface area (Å²) < 4.78 is 5.76. The zero-order chi connectivity index (χ0) is 16.8. The molecule has 2 aromatic carbocycles. The number of nitrogens with zero attached hydrogens (tertiary/aromatic N) is 1. The highest BCUT2D eigenvalue weighted by molar-refractivity contribution is 6.34. The number of para-hydroxylation sites is 1. The first-order chi connectivity index (χ1) is 11.6. The number of benzene rings is 2. The van der Waals surface area contributed by atoms with Gasteiger partial charge in [-0.3, -0.25) is 9.59 Å². The first kappa shape index (κ1) is 15.0. The van der Waals surface area contributed by atoms with Crippen LogP contribution in [0.25, 0.3) is 11.0 Å². The molecular formula is C19H14ClNO3. The van der Waals surface area contributed by atoms with E-state index in [9.17, 15) is 9.59 Å². The molecule has 0 spiro atoms. The normalized spacial score (nSPS) is 14.1. The minimum Gasteiger partial charge on any atom is -0.449 e. The van der Waals surface area contributed by atoms with Crippen molar-refractivity contribution in [2.45, 2.75) is 13.3 Å². The highest BCUT2D eigenvalue weighted by atomic mass is 35.5. The van der Waals surface area contributed by atoms with Crippen molar-refractivity contribution in [1.82, 2.24) is 0 Å². The lowest BCUT2D eigenvalue weighted by Crippen LogP contribution is -2.40. The summed E-state index contributed by atoms with van der Waals surface area (Å²) in [5, 5.41) is 0.741. The predicted octanol–water partition coefficient (Wildman–Crippen LogP) is 3.96. The van der Waals surface area contributed by atoms with E-state index in [1.165, 1.54) is 0 Å². The van der Waals surface area contributed by atoms with Gasteiger partial charge in [0.2, 0.25) is 0 Å². The number of hydrogen-bond acceptors (Lipinski definition) is 3. The zero-order valence-electron chi connectivity index (χ0n) is 13.0. The van der Waals surface area contributed by atoms with Crippen LogP contribution >= 0.6 is 11.6 Å². The summed E-state index contributed by atoms with van der Waals surface area (Å²) in [5.74, 6) is -0.216. The van der Waals surface area contributed by atoms with Gasteiger partial charge >= 0.3 is 0 Å². The van der Waals surface area contributed by atoms with Crippen LogP contribution in [0.3, 0.4) is 0 Å². The quantitative estimate of drug-likeness (QED) is 0.674. The van der Waals surface area contributed by atoms with Gasteiger partial charge in [0.25, 0.3) is 5.91 Å². The molecule has 0 N–H and O–H groups in total. The van der Waals surface area contributed by atoms with Crippen molar-refractivity contribution in [3.8, 4) is 0 Å². The molecule has 5 heteroatoms. The Kier molecular flexibility index (Phi) is 3.43. The standard InChI is InChI=1S/C19H14ClNO3/c1-11-5-7-12(8-6-11)21-10-9-14-16(22)13-3-2-4-15(20)17(13)24-18(14)19(21)23/h2-8H,9-10H2,1H3. The van der Waals surface area contributed by atoms with Crippen LogP contribution in [0.1, 0.15) is 21.7 Å². The number of anilines is 1. The van der Waals surface area contributed by atoms with E-state index in [0.29, 0.717) is 28.9 Å². The van der Waals surface area contributed by atoms with Crippen molar-refractivity contribution in [2.24, 2.45) is 0 Å². The number of fused-ring (bicyclic) bond motifs is 2. The predicted molar refractivity (Wildman–Crippen MR) is 94.1 cm³/mol. The van der Waals surface area contributed by atoms with E-state index in [1.807, 2.05) is 31.2 Å². The highest BCUT2D eigenvalue weighted by Gasteiger charge is 2.31. The molecule has 1 aliphatic rings. The largest absolute Gasteiger partial charge is 0.449 e. The fourth-order valence-electron chi connectivity index (χ4n) is 3.04. The molecule has 2 heterocycles. The third-order valence-electron chi connectivity index (χ3n) is 4.33. The van der Waals surface area contributed by atoms with Crippen molar-refractivity contribution in [3.63, 3.8) is 0 Å². The zero-order valence-corrected chi connectivity index (χ0v) is 13.8. The smallest absolute Gasteiger partial charge is 0.294 e. The lowest BCUT2D eigenvalue weighted by Gasteiger charge is -2.27. The van der Waals surface area contributed by atoms with Gasteiger partial charge in [-0.15, -0.1) is 0 Å². The highest BCUT2D eigenvalue weighted by Crippen LogP contribution is 2.28. The van der Waals surface area contributed by atoms with Crippen LogP contribution in [0.4, 0.5) is 5.69 Å². The molecule has 0 radical (unpaired) electrons. The van der Waals surface area contributed by atoms with Crippen molar-refractivity contribution in [3.05, 3.63) is 74.6 Å². The lowest BCUT2D eigenvalue weighted by molar-refractivity contribution is 0.0952. The molecular weight excluding hydrogens is 326 g/mol. The molecule has 0 bridgehead atoms. The molecule has 1 aromatic heterocycles. The maximum Gasteiger partial charge on any atom is 0.294 e. The van der Waals surface area contributed by atoms with Gasteiger partial charge < -0.3 is 9.32 Å². The lowest BCUT2D eigenvalue weighted by atomic mass is 10.0. The Bertz CT molecular complexity index is 1020. The summed E-state index contributed by atoms with van der Waals surface area (Å²) in [6, 6.07) is 12.7. The first-order valence-electron chi connectivity index (χ1n) is 7.69. The molecule has 3 aromatic rings. The number of halogens is 1. The van der Waals surface area contributed by atoms with Crippen molar-refractivity contribution in [2.75, 3.05) is 11.4 Å². The first-order valence-corrected chi connectivity index (χ1v) is 8.07. The van der Waals surface area contributed by atoms with E-state index >= 15 is 0 Å². The second-order valence-corrected chi connectivity index (χ2v) is 6.30. The second kappa shape index (κ2) is 5.49. The topological polar surface area (TPSA) is 50.5 Å². The summed E-state index contributed by atoms with van der Waals surface area (Å²) in [6.07, 6.45) is 0.458. The molecule has 4 nitrogen and oxygen atoms in total. The van der Waals surface area contributed by atoms with Gasteiger partial charge in [0.15, 0.2) is 16.8 Å². The number of carbonyl (C=O) groups excluding carboxylic acids is 1. The number of amides is 1. The molecule has 0 unspecified atom stereocenters. The van der Waals surface area contributed by atoms with Gasteiger partial charge in [0, 0.05) is 12.2 Å². The van der Waals surface area contributed by atoms with Crippen LogP contribution in [0.15, 0.2) is 51.7 Å². The molecule has 0 saturated carbocycles. The molecule has 0 atom stereocenters. The van der Waals surface area contributed by atoms with Crippen LogP contribution in [0.5, 0.6) is 0 Å². The van der Waals surface area contributed by atoms with Gasteiger partial charge in [0.05, 0.1) is 16.0 Å². The summed E-state index contributed by atoms with van der Waals surface area (Å²) in [7, 11) is 0. The Labute approximate surface area is 143 Å². The fraction of sp³-hybridized carbons (Fsp3) is 0.158. The van der Waals surface area contributed by atoms with Crippen molar-refractivity contribution in [1.29, 1.82) is 0 Å². The Morgan fingerprint density at radius 2 is 1.83 bits per heavy atom. The van der Waals surface area contributed by atoms with Gasteiger partial charge in [-0.1, -0.05) is 35.4 Å². The average molecular weight is 340 g/mol. The monoisotopic (exact) mass is 339 g/mol. The van der Waals surface area contributed by atoms with E-state index in [4.69, 9.17) is 16.0 Å². The third kappa shape index (κ3) is 2.22. The maximum atomic E-state index is 12.9. The molecule has 1 amide bonds. The number of rotatable bonds is 1.